The highest BCUT2D eigenvalue weighted by atomic mass is 19.4. The number of rotatable bonds is 5. The molecule has 0 saturated heterocycles. The van der Waals surface area contributed by atoms with E-state index in [4.69, 9.17) is 0 Å². The van der Waals surface area contributed by atoms with Crippen LogP contribution in [-0.2, 0) is 0 Å². The van der Waals surface area contributed by atoms with E-state index in [9.17, 15) is 22.0 Å². The number of fused-ring (bicyclic) bond motifs is 3. The zero-order valence-corrected chi connectivity index (χ0v) is 17.8. The molecule has 1 aromatic rings. The summed E-state index contributed by atoms with van der Waals surface area (Å²) in [5.41, 5.74) is 0.457. The first-order chi connectivity index (χ1) is 14.7. The van der Waals surface area contributed by atoms with Gasteiger partial charge in [0, 0.05) is 0 Å². The van der Waals surface area contributed by atoms with Crippen LogP contribution in [0.15, 0.2) is 24.8 Å². The van der Waals surface area contributed by atoms with Crippen molar-refractivity contribution in [2.24, 2.45) is 29.6 Å². The summed E-state index contributed by atoms with van der Waals surface area (Å²) in [5, 5.41) is 0. The lowest BCUT2D eigenvalue weighted by molar-refractivity contribution is -0.276. The Morgan fingerprint density at radius 3 is 2.13 bits per heavy atom. The molecule has 3 fully saturated rings. The molecule has 3 aliphatic carbocycles. The van der Waals surface area contributed by atoms with Gasteiger partial charge in [-0.25, -0.2) is 8.78 Å². The Labute approximate surface area is 181 Å². The minimum atomic E-state index is -5.12. The minimum Gasteiger partial charge on any atom is -0.399 e. The van der Waals surface area contributed by atoms with Gasteiger partial charge in [0.05, 0.1) is 0 Å². The molecule has 31 heavy (non-hydrogen) atoms. The summed E-state index contributed by atoms with van der Waals surface area (Å²) in [6, 6.07) is 2.07. The van der Waals surface area contributed by atoms with E-state index in [1.165, 1.54) is 32.1 Å². The Bertz CT molecular complexity index is 766. The predicted octanol–water partition coefficient (Wildman–Crippen LogP) is 8.16. The fourth-order valence-electron chi connectivity index (χ4n) is 6.84. The molecule has 0 heterocycles. The van der Waals surface area contributed by atoms with Crippen molar-refractivity contribution >= 4 is 0 Å². The Hall–Kier alpha value is -1.59. The standard InChI is InChI=1S/C25H31F5O/c1-2-3-4-15-5-9-20-17(11-15)6-7-18-12-16(8-10-21(18)20)19-13-22(26)24(23(27)14-19)31-25(28,29)30/h2,13-18,20-21H,1,3-12H2/t15-,16?,17-,18+,20+,21+/m1/s1. The van der Waals surface area contributed by atoms with Crippen LogP contribution < -0.4 is 4.74 Å². The predicted molar refractivity (Wildman–Crippen MR) is 110 cm³/mol. The summed E-state index contributed by atoms with van der Waals surface area (Å²) in [5.74, 6) is -0.336. The second kappa shape index (κ2) is 9.11. The van der Waals surface area contributed by atoms with Crippen molar-refractivity contribution in [1.29, 1.82) is 0 Å². The van der Waals surface area contributed by atoms with E-state index in [2.05, 4.69) is 11.3 Å². The number of hydrogen-bond donors (Lipinski definition) is 0. The molecule has 0 radical (unpaired) electrons. The van der Waals surface area contributed by atoms with E-state index in [-0.39, 0.29) is 5.92 Å². The summed E-state index contributed by atoms with van der Waals surface area (Å²) in [4.78, 5) is 0. The topological polar surface area (TPSA) is 9.23 Å². The smallest absolute Gasteiger partial charge is 0.399 e. The lowest BCUT2D eigenvalue weighted by Gasteiger charge is -2.51. The van der Waals surface area contributed by atoms with E-state index in [1.807, 2.05) is 6.08 Å². The van der Waals surface area contributed by atoms with Crippen LogP contribution in [0.2, 0.25) is 0 Å². The molecule has 0 bridgehead atoms. The van der Waals surface area contributed by atoms with Crippen molar-refractivity contribution in [3.63, 3.8) is 0 Å². The fraction of sp³-hybridized carbons (Fsp3) is 0.680. The summed E-state index contributed by atoms with van der Waals surface area (Å²) in [6.07, 6.45) is 8.24. The molecule has 0 spiro atoms. The van der Waals surface area contributed by atoms with E-state index >= 15 is 0 Å². The molecule has 6 heteroatoms. The van der Waals surface area contributed by atoms with Crippen molar-refractivity contribution in [3.8, 4) is 5.75 Å². The van der Waals surface area contributed by atoms with E-state index in [0.717, 1.165) is 62.0 Å². The highest BCUT2D eigenvalue weighted by Crippen LogP contribution is 2.55. The molecule has 172 valence electrons. The lowest BCUT2D eigenvalue weighted by Crippen LogP contribution is -2.41. The van der Waals surface area contributed by atoms with Gasteiger partial charge < -0.3 is 4.74 Å². The summed E-state index contributed by atoms with van der Waals surface area (Å²) in [7, 11) is 0. The third-order valence-electron chi connectivity index (χ3n) is 8.14. The van der Waals surface area contributed by atoms with Crippen molar-refractivity contribution in [2.45, 2.75) is 76.5 Å². The van der Waals surface area contributed by atoms with Crippen molar-refractivity contribution < 1.29 is 26.7 Å². The van der Waals surface area contributed by atoms with Gasteiger partial charge in [-0.3, -0.25) is 0 Å². The normalized spacial score (nSPS) is 33.3. The molecule has 1 unspecified atom stereocenters. The number of halogens is 5. The van der Waals surface area contributed by atoms with Crippen molar-refractivity contribution in [2.75, 3.05) is 0 Å². The minimum absolute atomic E-state index is 0.00864. The first-order valence-corrected chi connectivity index (χ1v) is 11.6. The Morgan fingerprint density at radius 1 is 0.903 bits per heavy atom. The van der Waals surface area contributed by atoms with Crippen LogP contribution in [0, 0.1) is 41.2 Å². The van der Waals surface area contributed by atoms with Gasteiger partial charge in [0.15, 0.2) is 11.6 Å². The zero-order chi connectivity index (χ0) is 22.2. The van der Waals surface area contributed by atoms with Crippen LogP contribution in [0.5, 0.6) is 5.75 Å². The number of allylic oxidation sites excluding steroid dienone is 1. The Morgan fingerprint density at radius 2 is 1.52 bits per heavy atom. The molecule has 6 atom stereocenters. The maximum atomic E-state index is 14.2. The lowest BCUT2D eigenvalue weighted by atomic mass is 9.55. The first-order valence-electron chi connectivity index (χ1n) is 11.6. The summed E-state index contributed by atoms with van der Waals surface area (Å²) >= 11 is 0. The van der Waals surface area contributed by atoms with Gasteiger partial charge in [-0.2, -0.15) is 0 Å². The largest absolute Gasteiger partial charge is 0.573 e. The Kier molecular flexibility index (Phi) is 6.64. The second-order valence-electron chi connectivity index (χ2n) is 9.84. The monoisotopic (exact) mass is 442 g/mol. The van der Waals surface area contributed by atoms with Crippen LogP contribution in [-0.4, -0.2) is 6.36 Å². The van der Waals surface area contributed by atoms with Gasteiger partial charge in [-0.05, 0) is 111 Å². The molecule has 3 aliphatic rings. The fourth-order valence-corrected chi connectivity index (χ4v) is 6.84. The van der Waals surface area contributed by atoms with Crippen LogP contribution >= 0.6 is 0 Å². The summed E-state index contributed by atoms with van der Waals surface area (Å²) in [6.45, 7) is 3.84. The van der Waals surface area contributed by atoms with Crippen LogP contribution in [0.3, 0.4) is 0 Å². The molecule has 0 N–H and O–H groups in total. The Balaban J connectivity index is 1.41. The van der Waals surface area contributed by atoms with E-state index in [0.29, 0.717) is 17.4 Å². The molecular weight excluding hydrogens is 411 g/mol. The van der Waals surface area contributed by atoms with Gasteiger partial charge in [-0.15, -0.1) is 19.8 Å². The average molecular weight is 443 g/mol. The third kappa shape index (κ3) is 5.09. The molecule has 0 amide bonds. The first kappa shape index (κ1) is 22.6. The molecule has 4 rings (SSSR count). The maximum absolute atomic E-state index is 14.2. The van der Waals surface area contributed by atoms with Gasteiger partial charge in [0.2, 0.25) is 5.75 Å². The number of hydrogen-bond acceptors (Lipinski definition) is 1. The highest BCUT2D eigenvalue weighted by molar-refractivity contribution is 5.33. The molecular formula is C25H31F5O. The molecule has 1 aromatic carbocycles. The maximum Gasteiger partial charge on any atom is 0.573 e. The quantitative estimate of drug-likeness (QED) is 0.330. The highest BCUT2D eigenvalue weighted by Gasteiger charge is 2.44. The third-order valence-corrected chi connectivity index (χ3v) is 8.14. The van der Waals surface area contributed by atoms with E-state index < -0.39 is 23.7 Å². The van der Waals surface area contributed by atoms with Gasteiger partial charge >= 0.3 is 6.36 Å². The summed E-state index contributed by atoms with van der Waals surface area (Å²) < 4.78 is 69.1. The SMILES string of the molecule is C=CCC[C@@H]1CC[C@H]2[C@H](CC[C@H]3CC(c4cc(F)c(OC(F)(F)F)c(F)c4)CC[C@@H]32)C1. The zero-order valence-electron chi connectivity index (χ0n) is 17.8. The second-order valence-corrected chi connectivity index (χ2v) is 9.84. The van der Waals surface area contributed by atoms with Crippen molar-refractivity contribution in [1.82, 2.24) is 0 Å². The van der Waals surface area contributed by atoms with Gasteiger partial charge in [-0.1, -0.05) is 12.5 Å². The molecule has 1 nitrogen and oxygen atoms in total. The molecule has 0 aromatic heterocycles. The van der Waals surface area contributed by atoms with Crippen LogP contribution in [0.25, 0.3) is 0 Å². The van der Waals surface area contributed by atoms with Gasteiger partial charge in [0.25, 0.3) is 0 Å². The van der Waals surface area contributed by atoms with Crippen LogP contribution in [0.4, 0.5) is 22.0 Å². The molecule has 0 aliphatic heterocycles. The number of ether oxygens (including phenoxy) is 1. The average Bonchev–Trinajstić information content (AvgIpc) is 2.73. The van der Waals surface area contributed by atoms with Gasteiger partial charge in [0.1, 0.15) is 0 Å². The van der Waals surface area contributed by atoms with Crippen LogP contribution in [0.1, 0.15) is 75.7 Å². The van der Waals surface area contributed by atoms with Crippen molar-refractivity contribution in [3.05, 3.63) is 42.0 Å². The van der Waals surface area contributed by atoms with E-state index in [1.54, 1.807) is 0 Å². The number of benzene rings is 1. The number of alkyl halides is 3. The molecule has 3 saturated carbocycles.